The number of ether oxygens (including phenoxy) is 4. The number of hydrogen-bond donors (Lipinski definition) is 1. The molecule has 1 aromatic rings. The van der Waals surface area contributed by atoms with Crippen LogP contribution in [0, 0.1) is 12.3 Å². The summed E-state index contributed by atoms with van der Waals surface area (Å²) in [5.41, 5.74) is -1.41. The largest absolute Gasteiger partial charge is 0.497 e. The first-order chi connectivity index (χ1) is 14.5. The van der Waals surface area contributed by atoms with Gasteiger partial charge in [-0.05, 0) is 38.1 Å². The maximum Gasteiger partial charge on any atom is 0.360 e. The standard InChI is InChI=1S/C21H21F2NO7/c1-6-11-24-19(27)20(22,23)16-17(29-12(2)3)21(30-13(4)25,31-18(16)26)14-7-9-15(28-5)10-8-14/h1,7-10,12H,11H2,2-5H3,(H,24,27). The van der Waals surface area contributed by atoms with Crippen LogP contribution in [0.2, 0.25) is 0 Å². The fourth-order valence-electron chi connectivity index (χ4n) is 2.81. The van der Waals surface area contributed by atoms with Crippen LogP contribution in [-0.2, 0) is 34.4 Å². The normalized spacial score (nSPS) is 18.3. The molecule has 1 aliphatic heterocycles. The number of halogens is 2. The van der Waals surface area contributed by atoms with Gasteiger partial charge in [0, 0.05) is 12.5 Å². The van der Waals surface area contributed by atoms with Gasteiger partial charge in [0.05, 0.1) is 19.8 Å². The second-order valence-corrected chi connectivity index (χ2v) is 6.66. The Bertz CT molecular complexity index is 947. The lowest BCUT2D eigenvalue weighted by Crippen LogP contribution is -2.43. The number of esters is 2. The van der Waals surface area contributed by atoms with Crippen LogP contribution in [0.15, 0.2) is 35.6 Å². The second-order valence-electron chi connectivity index (χ2n) is 6.66. The van der Waals surface area contributed by atoms with Crippen molar-refractivity contribution in [3.05, 3.63) is 41.2 Å². The van der Waals surface area contributed by atoms with Crippen molar-refractivity contribution in [2.45, 2.75) is 38.6 Å². The highest BCUT2D eigenvalue weighted by atomic mass is 19.3. The predicted octanol–water partition coefficient (Wildman–Crippen LogP) is 2.03. The molecule has 2 rings (SSSR count). The molecule has 1 amide bonds. The number of carbonyl (C=O) groups is 3. The van der Waals surface area contributed by atoms with Crippen LogP contribution in [0.25, 0.3) is 0 Å². The first kappa shape index (κ1) is 23.7. The number of rotatable bonds is 8. The molecule has 0 aromatic heterocycles. The Morgan fingerprint density at radius 2 is 1.90 bits per heavy atom. The third kappa shape index (κ3) is 4.60. The van der Waals surface area contributed by atoms with Crippen molar-refractivity contribution in [1.82, 2.24) is 5.32 Å². The number of benzene rings is 1. The van der Waals surface area contributed by atoms with Gasteiger partial charge in [-0.25, -0.2) is 4.79 Å². The van der Waals surface area contributed by atoms with E-state index in [9.17, 15) is 14.4 Å². The van der Waals surface area contributed by atoms with Gasteiger partial charge >= 0.3 is 23.6 Å². The van der Waals surface area contributed by atoms with Gasteiger partial charge in [0.25, 0.3) is 5.91 Å². The van der Waals surface area contributed by atoms with Crippen molar-refractivity contribution in [2.24, 2.45) is 0 Å². The Kier molecular flexibility index (Phi) is 6.90. The van der Waals surface area contributed by atoms with Crippen molar-refractivity contribution >= 4 is 17.8 Å². The molecule has 1 N–H and O–H groups in total. The fraction of sp³-hybridized carbons (Fsp3) is 0.381. The van der Waals surface area contributed by atoms with Crippen molar-refractivity contribution in [2.75, 3.05) is 13.7 Å². The van der Waals surface area contributed by atoms with Crippen LogP contribution in [-0.4, -0.2) is 43.5 Å². The van der Waals surface area contributed by atoms with E-state index >= 15 is 8.78 Å². The highest BCUT2D eigenvalue weighted by Gasteiger charge is 2.63. The van der Waals surface area contributed by atoms with Gasteiger partial charge in [-0.2, -0.15) is 8.78 Å². The third-order valence-electron chi connectivity index (χ3n) is 4.03. The molecule has 0 saturated carbocycles. The summed E-state index contributed by atoms with van der Waals surface area (Å²) < 4.78 is 51.0. The molecule has 0 fully saturated rings. The molecule has 166 valence electrons. The summed E-state index contributed by atoms with van der Waals surface area (Å²) in [6.45, 7) is 3.50. The van der Waals surface area contributed by atoms with E-state index in [2.05, 4.69) is 0 Å². The Hall–Kier alpha value is -3.61. The molecule has 0 aliphatic carbocycles. The van der Waals surface area contributed by atoms with Crippen LogP contribution in [0.4, 0.5) is 8.78 Å². The van der Waals surface area contributed by atoms with Crippen molar-refractivity contribution in [3.8, 4) is 18.1 Å². The van der Waals surface area contributed by atoms with E-state index in [0.717, 1.165) is 6.92 Å². The Morgan fingerprint density at radius 1 is 1.29 bits per heavy atom. The molecule has 0 bridgehead atoms. The molecule has 0 radical (unpaired) electrons. The average Bonchev–Trinajstić information content (AvgIpc) is 2.97. The van der Waals surface area contributed by atoms with Gasteiger partial charge in [-0.15, -0.1) is 6.42 Å². The number of alkyl halides is 2. The maximum absolute atomic E-state index is 15.0. The van der Waals surface area contributed by atoms with E-state index in [1.54, 1.807) is 0 Å². The second kappa shape index (κ2) is 9.04. The Balaban J connectivity index is 2.77. The number of hydrogen-bond acceptors (Lipinski definition) is 7. The van der Waals surface area contributed by atoms with Crippen molar-refractivity contribution in [1.29, 1.82) is 0 Å². The molecule has 10 heteroatoms. The minimum absolute atomic E-state index is 0.0117. The van der Waals surface area contributed by atoms with Gasteiger partial charge in [0.15, 0.2) is 5.57 Å². The van der Waals surface area contributed by atoms with Crippen LogP contribution in [0.3, 0.4) is 0 Å². The lowest BCUT2D eigenvalue weighted by Gasteiger charge is -2.31. The van der Waals surface area contributed by atoms with Crippen LogP contribution < -0.4 is 10.1 Å². The zero-order valence-electron chi connectivity index (χ0n) is 17.3. The number of cyclic esters (lactones) is 1. The van der Waals surface area contributed by atoms with Crippen LogP contribution in [0.1, 0.15) is 26.3 Å². The summed E-state index contributed by atoms with van der Waals surface area (Å²) in [4.78, 5) is 36.5. The number of carbonyl (C=O) groups excluding carboxylic acids is 3. The maximum atomic E-state index is 15.0. The molecule has 0 saturated heterocycles. The van der Waals surface area contributed by atoms with Crippen molar-refractivity contribution in [3.63, 3.8) is 0 Å². The van der Waals surface area contributed by atoms with Gasteiger partial charge in [0.2, 0.25) is 5.76 Å². The van der Waals surface area contributed by atoms with Crippen LogP contribution in [0.5, 0.6) is 5.75 Å². The summed E-state index contributed by atoms with van der Waals surface area (Å²) in [5.74, 6) is -9.66. The molecule has 31 heavy (non-hydrogen) atoms. The molecule has 8 nitrogen and oxygen atoms in total. The first-order valence-electron chi connectivity index (χ1n) is 9.08. The minimum atomic E-state index is -4.40. The molecule has 0 spiro atoms. The third-order valence-corrected chi connectivity index (χ3v) is 4.03. The van der Waals surface area contributed by atoms with E-state index in [1.165, 1.54) is 45.2 Å². The molecular weight excluding hydrogens is 416 g/mol. The smallest absolute Gasteiger partial charge is 0.360 e. The highest BCUT2D eigenvalue weighted by molar-refractivity contribution is 6.03. The lowest BCUT2D eigenvalue weighted by atomic mass is 9.98. The van der Waals surface area contributed by atoms with Gasteiger partial charge in [-0.3, -0.25) is 9.59 Å². The highest BCUT2D eigenvalue weighted by Crippen LogP contribution is 2.48. The van der Waals surface area contributed by atoms with Gasteiger partial charge in [-0.1, -0.05) is 5.92 Å². The van der Waals surface area contributed by atoms with Crippen LogP contribution >= 0.6 is 0 Å². The number of terminal acetylenes is 1. The summed E-state index contributed by atoms with van der Waals surface area (Å²) in [7, 11) is 1.41. The molecule has 1 aliphatic rings. The van der Waals surface area contributed by atoms with E-state index in [-0.39, 0.29) is 5.56 Å². The van der Waals surface area contributed by atoms with Crippen molar-refractivity contribution < 1.29 is 42.1 Å². The molecular formula is C21H21F2NO7. The first-order valence-corrected chi connectivity index (χ1v) is 9.08. The van der Waals surface area contributed by atoms with E-state index < -0.39 is 53.5 Å². The average molecular weight is 437 g/mol. The van der Waals surface area contributed by atoms with E-state index in [1.807, 2.05) is 11.2 Å². The molecule has 1 unspecified atom stereocenters. The number of methoxy groups -OCH3 is 1. The SMILES string of the molecule is C#CCNC(=O)C(F)(F)C1=C(OC(C)C)C(OC(C)=O)(c2ccc(OC)cc2)OC1=O. The zero-order valence-corrected chi connectivity index (χ0v) is 17.3. The molecule has 1 aromatic carbocycles. The monoisotopic (exact) mass is 437 g/mol. The molecule has 1 heterocycles. The molecule has 1 atom stereocenters. The van der Waals surface area contributed by atoms with Gasteiger partial charge in [0.1, 0.15) is 5.75 Å². The predicted molar refractivity (Wildman–Crippen MR) is 103 cm³/mol. The van der Waals surface area contributed by atoms with E-state index in [0.29, 0.717) is 5.75 Å². The summed E-state index contributed by atoms with van der Waals surface area (Å²) in [5, 5.41) is 1.82. The van der Waals surface area contributed by atoms with E-state index in [4.69, 9.17) is 25.4 Å². The lowest BCUT2D eigenvalue weighted by molar-refractivity contribution is -0.221. The topological polar surface area (TPSA) is 100 Å². The minimum Gasteiger partial charge on any atom is -0.497 e. The summed E-state index contributed by atoms with van der Waals surface area (Å²) in [6.07, 6.45) is 4.23. The Morgan fingerprint density at radius 3 is 2.39 bits per heavy atom. The number of amides is 1. The summed E-state index contributed by atoms with van der Waals surface area (Å²) in [6, 6.07) is 5.57. The number of nitrogens with one attached hydrogen (secondary N) is 1. The summed E-state index contributed by atoms with van der Waals surface area (Å²) >= 11 is 0. The quantitative estimate of drug-likeness (QED) is 0.491. The van der Waals surface area contributed by atoms with Gasteiger partial charge < -0.3 is 24.3 Å². The fourth-order valence-corrected chi connectivity index (χ4v) is 2.81. The zero-order chi connectivity index (χ0) is 23.4. The Labute approximate surface area is 177 Å².